The van der Waals surface area contributed by atoms with E-state index in [0.29, 0.717) is 35.8 Å². The monoisotopic (exact) mass is 252 g/mol. The minimum Gasteiger partial charge on any atom is -0.493 e. The van der Waals surface area contributed by atoms with E-state index < -0.39 is 0 Å². The predicted molar refractivity (Wildman–Crippen MR) is 64.8 cm³/mol. The Hall–Kier alpha value is -1.91. The normalized spacial score (nSPS) is 14.9. The van der Waals surface area contributed by atoms with Gasteiger partial charge in [-0.15, -0.1) is 0 Å². The molecule has 0 unspecified atom stereocenters. The standard InChI is InChI=1S/C13H16O5/c1-15-11-6-10(18-9-4-8(14)5-9)7-12(16-2)13(11)17-3/h6-7,9H,4-5H2,1-3H3. The average molecular weight is 252 g/mol. The van der Waals surface area contributed by atoms with E-state index >= 15 is 0 Å². The smallest absolute Gasteiger partial charge is 0.203 e. The summed E-state index contributed by atoms with van der Waals surface area (Å²) >= 11 is 0. The molecule has 0 atom stereocenters. The Morgan fingerprint density at radius 1 is 1.00 bits per heavy atom. The summed E-state index contributed by atoms with van der Waals surface area (Å²) in [5.74, 6) is 2.45. The second-order valence-electron chi connectivity index (χ2n) is 4.05. The van der Waals surface area contributed by atoms with E-state index in [1.807, 2.05) is 0 Å². The number of carbonyl (C=O) groups is 1. The van der Waals surface area contributed by atoms with Crippen LogP contribution in [0.3, 0.4) is 0 Å². The van der Waals surface area contributed by atoms with Gasteiger partial charge in [0.05, 0.1) is 21.3 Å². The molecule has 5 heteroatoms. The van der Waals surface area contributed by atoms with Gasteiger partial charge in [0.2, 0.25) is 5.75 Å². The minimum atomic E-state index is -0.0414. The first-order valence-electron chi connectivity index (χ1n) is 5.66. The molecule has 1 aliphatic rings. The van der Waals surface area contributed by atoms with Crippen molar-refractivity contribution < 1.29 is 23.7 Å². The van der Waals surface area contributed by atoms with Gasteiger partial charge in [-0.25, -0.2) is 0 Å². The molecule has 1 aliphatic carbocycles. The number of carbonyl (C=O) groups excluding carboxylic acids is 1. The molecule has 0 aliphatic heterocycles. The lowest BCUT2D eigenvalue weighted by Gasteiger charge is -2.25. The number of ether oxygens (including phenoxy) is 4. The molecular weight excluding hydrogens is 236 g/mol. The van der Waals surface area contributed by atoms with Gasteiger partial charge < -0.3 is 18.9 Å². The maximum atomic E-state index is 10.9. The van der Waals surface area contributed by atoms with Crippen LogP contribution in [-0.2, 0) is 4.79 Å². The fourth-order valence-electron chi connectivity index (χ4n) is 1.85. The van der Waals surface area contributed by atoms with Gasteiger partial charge >= 0.3 is 0 Å². The summed E-state index contributed by atoms with van der Waals surface area (Å²) in [7, 11) is 4.65. The summed E-state index contributed by atoms with van der Waals surface area (Å²) in [6.07, 6.45) is 0.896. The third kappa shape index (κ3) is 2.34. The Morgan fingerprint density at radius 3 is 1.94 bits per heavy atom. The number of hydrogen-bond donors (Lipinski definition) is 0. The summed E-state index contributed by atoms with van der Waals surface area (Å²) in [6, 6.07) is 3.45. The Bertz CT molecular complexity index is 422. The summed E-state index contributed by atoms with van der Waals surface area (Å²) in [5, 5.41) is 0. The molecule has 5 nitrogen and oxygen atoms in total. The molecule has 18 heavy (non-hydrogen) atoms. The molecule has 0 radical (unpaired) electrons. The maximum absolute atomic E-state index is 10.9. The first-order valence-corrected chi connectivity index (χ1v) is 5.66. The van der Waals surface area contributed by atoms with Crippen LogP contribution in [0.1, 0.15) is 12.8 Å². The van der Waals surface area contributed by atoms with E-state index in [1.165, 1.54) is 0 Å². The van der Waals surface area contributed by atoms with Crippen molar-refractivity contribution in [2.24, 2.45) is 0 Å². The number of ketones is 1. The van der Waals surface area contributed by atoms with Crippen molar-refractivity contribution in [1.29, 1.82) is 0 Å². The quantitative estimate of drug-likeness (QED) is 0.800. The number of Topliss-reactive ketones (excluding diaryl/α,β-unsaturated/α-hetero) is 1. The van der Waals surface area contributed by atoms with Crippen LogP contribution in [0.25, 0.3) is 0 Å². The number of hydrogen-bond acceptors (Lipinski definition) is 5. The molecule has 1 saturated carbocycles. The topological polar surface area (TPSA) is 54.0 Å². The zero-order valence-electron chi connectivity index (χ0n) is 10.7. The van der Waals surface area contributed by atoms with Gasteiger partial charge in [-0.05, 0) is 0 Å². The van der Waals surface area contributed by atoms with E-state index in [9.17, 15) is 4.79 Å². The third-order valence-electron chi connectivity index (χ3n) is 2.85. The van der Waals surface area contributed by atoms with E-state index in [2.05, 4.69) is 0 Å². The lowest BCUT2D eigenvalue weighted by Crippen LogP contribution is -2.33. The molecule has 0 N–H and O–H groups in total. The SMILES string of the molecule is COc1cc(OC2CC(=O)C2)cc(OC)c1OC. The zero-order chi connectivity index (χ0) is 13.1. The Kier molecular flexibility index (Phi) is 3.60. The molecule has 1 aromatic rings. The van der Waals surface area contributed by atoms with Crippen molar-refractivity contribution in [1.82, 2.24) is 0 Å². The molecule has 0 bridgehead atoms. The molecule has 1 fully saturated rings. The van der Waals surface area contributed by atoms with E-state index in [0.717, 1.165) is 0 Å². The maximum Gasteiger partial charge on any atom is 0.203 e. The summed E-state index contributed by atoms with van der Waals surface area (Å²) in [4.78, 5) is 10.9. The van der Waals surface area contributed by atoms with Crippen molar-refractivity contribution in [2.75, 3.05) is 21.3 Å². The van der Waals surface area contributed by atoms with E-state index in [1.54, 1.807) is 33.5 Å². The van der Waals surface area contributed by atoms with Crippen molar-refractivity contribution in [3.05, 3.63) is 12.1 Å². The van der Waals surface area contributed by atoms with Crippen LogP contribution < -0.4 is 18.9 Å². The molecule has 0 amide bonds. The minimum absolute atomic E-state index is 0.0414. The zero-order valence-corrected chi connectivity index (χ0v) is 10.7. The lowest BCUT2D eigenvalue weighted by molar-refractivity contribution is -0.129. The fourth-order valence-corrected chi connectivity index (χ4v) is 1.85. The molecule has 2 rings (SSSR count). The molecule has 0 saturated heterocycles. The molecule has 98 valence electrons. The highest BCUT2D eigenvalue weighted by Gasteiger charge is 2.29. The summed E-state index contributed by atoms with van der Waals surface area (Å²) < 4.78 is 21.3. The van der Waals surface area contributed by atoms with Gasteiger partial charge in [0.1, 0.15) is 17.6 Å². The Morgan fingerprint density at radius 2 is 1.56 bits per heavy atom. The fraction of sp³-hybridized carbons (Fsp3) is 0.462. The largest absolute Gasteiger partial charge is 0.493 e. The highest BCUT2D eigenvalue weighted by atomic mass is 16.5. The molecule has 0 heterocycles. The predicted octanol–water partition coefficient (Wildman–Crippen LogP) is 1.82. The van der Waals surface area contributed by atoms with Crippen molar-refractivity contribution in [3.8, 4) is 23.0 Å². The van der Waals surface area contributed by atoms with Gasteiger partial charge in [-0.3, -0.25) is 4.79 Å². The first-order chi connectivity index (χ1) is 8.67. The van der Waals surface area contributed by atoms with Crippen molar-refractivity contribution in [3.63, 3.8) is 0 Å². The third-order valence-corrected chi connectivity index (χ3v) is 2.85. The highest BCUT2D eigenvalue weighted by molar-refractivity contribution is 5.85. The van der Waals surface area contributed by atoms with Crippen LogP contribution in [-0.4, -0.2) is 33.2 Å². The molecule has 1 aromatic carbocycles. The highest BCUT2D eigenvalue weighted by Crippen LogP contribution is 2.41. The number of rotatable bonds is 5. The number of benzene rings is 1. The van der Waals surface area contributed by atoms with E-state index in [-0.39, 0.29) is 11.9 Å². The lowest BCUT2D eigenvalue weighted by atomic mass is 9.94. The van der Waals surface area contributed by atoms with Crippen LogP contribution in [0.15, 0.2) is 12.1 Å². The van der Waals surface area contributed by atoms with Crippen LogP contribution >= 0.6 is 0 Å². The molecule has 0 aromatic heterocycles. The van der Waals surface area contributed by atoms with Gasteiger partial charge in [0, 0.05) is 25.0 Å². The average Bonchev–Trinajstić information content (AvgIpc) is 2.35. The molecule has 0 spiro atoms. The van der Waals surface area contributed by atoms with Crippen LogP contribution in [0.5, 0.6) is 23.0 Å². The van der Waals surface area contributed by atoms with E-state index in [4.69, 9.17) is 18.9 Å². The van der Waals surface area contributed by atoms with Crippen LogP contribution in [0.4, 0.5) is 0 Å². The van der Waals surface area contributed by atoms with Gasteiger partial charge in [-0.2, -0.15) is 0 Å². The number of methoxy groups -OCH3 is 3. The van der Waals surface area contributed by atoms with Gasteiger partial charge in [-0.1, -0.05) is 0 Å². The first kappa shape index (κ1) is 12.5. The van der Waals surface area contributed by atoms with Crippen molar-refractivity contribution >= 4 is 5.78 Å². The Labute approximate surface area is 106 Å². The second kappa shape index (κ2) is 5.16. The van der Waals surface area contributed by atoms with Gasteiger partial charge in [0.25, 0.3) is 0 Å². The van der Waals surface area contributed by atoms with Gasteiger partial charge in [0.15, 0.2) is 11.5 Å². The molecular formula is C13H16O5. The summed E-state index contributed by atoms with van der Waals surface area (Å²) in [5.41, 5.74) is 0. The Balaban J connectivity index is 2.22. The van der Waals surface area contributed by atoms with Crippen LogP contribution in [0, 0.1) is 0 Å². The second-order valence-corrected chi connectivity index (χ2v) is 4.05. The van der Waals surface area contributed by atoms with Crippen molar-refractivity contribution in [2.45, 2.75) is 18.9 Å². The van der Waals surface area contributed by atoms with Crippen LogP contribution in [0.2, 0.25) is 0 Å². The summed E-state index contributed by atoms with van der Waals surface area (Å²) in [6.45, 7) is 0.